The van der Waals surface area contributed by atoms with Gasteiger partial charge in [0, 0.05) is 17.7 Å². The molecule has 2 aromatic carbocycles. The summed E-state index contributed by atoms with van der Waals surface area (Å²) in [6.07, 6.45) is 0. The lowest BCUT2D eigenvalue weighted by Crippen LogP contribution is -2.15. The van der Waals surface area contributed by atoms with E-state index in [1.54, 1.807) is 0 Å². The van der Waals surface area contributed by atoms with Crippen LogP contribution in [0, 0.1) is 13.8 Å². The van der Waals surface area contributed by atoms with Gasteiger partial charge >= 0.3 is 0 Å². The van der Waals surface area contributed by atoms with Crippen LogP contribution in [0.2, 0.25) is 0 Å². The lowest BCUT2D eigenvalue weighted by atomic mass is 10.1. The third kappa shape index (κ3) is 2.03. The molecule has 4 heteroatoms. The van der Waals surface area contributed by atoms with Gasteiger partial charge in [-0.3, -0.25) is 0 Å². The van der Waals surface area contributed by atoms with Crippen LogP contribution in [0.25, 0.3) is 22.4 Å². The molecule has 0 atom stereocenters. The SMILES string of the molecule is Cc1ccc(-c2nc3cc4c(cc3[nH]2)OCCO4)c(C)c1. The summed E-state index contributed by atoms with van der Waals surface area (Å²) in [4.78, 5) is 8.07. The summed E-state index contributed by atoms with van der Waals surface area (Å²) in [5, 5.41) is 0. The van der Waals surface area contributed by atoms with Crippen LogP contribution < -0.4 is 9.47 Å². The molecule has 0 aliphatic carbocycles. The predicted molar refractivity (Wildman–Crippen MR) is 82.0 cm³/mol. The molecule has 0 unspecified atom stereocenters. The number of H-pyrrole nitrogens is 1. The highest BCUT2D eigenvalue weighted by atomic mass is 16.6. The Morgan fingerprint density at radius 3 is 2.52 bits per heavy atom. The molecule has 0 amide bonds. The van der Waals surface area contributed by atoms with Crippen LogP contribution in [0.3, 0.4) is 0 Å². The molecule has 1 N–H and O–H groups in total. The minimum Gasteiger partial charge on any atom is -0.486 e. The summed E-state index contributed by atoms with van der Waals surface area (Å²) in [5.74, 6) is 2.43. The van der Waals surface area contributed by atoms with Crippen LogP contribution in [0.15, 0.2) is 30.3 Å². The second kappa shape index (κ2) is 4.52. The Kier molecular flexibility index (Phi) is 2.64. The van der Waals surface area contributed by atoms with Crippen LogP contribution in [0.4, 0.5) is 0 Å². The van der Waals surface area contributed by atoms with Crippen LogP contribution in [0.1, 0.15) is 11.1 Å². The van der Waals surface area contributed by atoms with Gasteiger partial charge in [-0.15, -0.1) is 0 Å². The standard InChI is InChI=1S/C17H16N2O2/c1-10-3-4-12(11(2)7-10)17-18-13-8-15-16(9-14(13)19-17)21-6-5-20-15/h3-4,7-9H,5-6H2,1-2H3,(H,18,19). The van der Waals surface area contributed by atoms with E-state index in [4.69, 9.17) is 14.5 Å². The third-order valence-corrected chi connectivity index (χ3v) is 3.78. The number of aromatic amines is 1. The van der Waals surface area contributed by atoms with Crippen molar-refractivity contribution in [2.75, 3.05) is 13.2 Å². The maximum atomic E-state index is 5.61. The molecule has 0 bridgehead atoms. The number of imidazole rings is 1. The number of nitrogens with one attached hydrogen (secondary N) is 1. The van der Waals surface area contributed by atoms with Crippen LogP contribution >= 0.6 is 0 Å². The quantitative estimate of drug-likeness (QED) is 0.740. The maximum absolute atomic E-state index is 5.61. The zero-order valence-corrected chi connectivity index (χ0v) is 12.1. The van der Waals surface area contributed by atoms with Gasteiger partial charge in [0.15, 0.2) is 11.5 Å². The molecule has 3 aromatic rings. The van der Waals surface area contributed by atoms with Crippen molar-refractivity contribution in [3.05, 3.63) is 41.5 Å². The van der Waals surface area contributed by atoms with Crippen molar-refractivity contribution in [2.45, 2.75) is 13.8 Å². The van der Waals surface area contributed by atoms with Crippen molar-refractivity contribution in [1.29, 1.82) is 0 Å². The Labute approximate surface area is 122 Å². The van der Waals surface area contributed by atoms with E-state index in [0.717, 1.165) is 33.9 Å². The van der Waals surface area contributed by atoms with Gasteiger partial charge < -0.3 is 14.5 Å². The largest absolute Gasteiger partial charge is 0.486 e. The smallest absolute Gasteiger partial charge is 0.163 e. The van der Waals surface area contributed by atoms with Gasteiger partial charge in [0.2, 0.25) is 0 Å². The molecule has 0 spiro atoms. The highest BCUT2D eigenvalue weighted by Gasteiger charge is 2.15. The fraction of sp³-hybridized carbons (Fsp3) is 0.235. The van der Waals surface area contributed by atoms with E-state index < -0.39 is 0 Å². The summed E-state index contributed by atoms with van der Waals surface area (Å²) >= 11 is 0. The molecule has 2 heterocycles. The van der Waals surface area contributed by atoms with E-state index in [-0.39, 0.29) is 0 Å². The first-order chi connectivity index (χ1) is 10.2. The molecule has 21 heavy (non-hydrogen) atoms. The zero-order valence-electron chi connectivity index (χ0n) is 12.1. The predicted octanol–water partition coefficient (Wildman–Crippen LogP) is 3.62. The van der Waals surface area contributed by atoms with Crippen molar-refractivity contribution in [2.24, 2.45) is 0 Å². The highest BCUT2D eigenvalue weighted by molar-refractivity contribution is 5.83. The Bertz CT molecular complexity index is 793. The number of aromatic nitrogens is 2. The average Bonchev–Trinajstić information content (AvgIpc) is 2.87. The molecule has 1 aliphatic heterocycles. The first-order valence-corrected chi connectivity index (χ1v) is 7.08. The number of benzene rings is 2. The number of hydrogen-bond acceptors (Lipinski definition) is 3. The molecule has 0 saturated heterocycles. The number of aryl methyl sites for hydroxylation is 2. The number of hydrogen-bond donors (Lipinski definition) is 1. The Morgan fingerprint density at radius 1 is 1.00 bits per heavy atom. The minimum atomic E-state index is 0.590. The van der Waals surface area contributed by atoms with Crippen molar-refractivity contribution in [3.63, 3.8) is 0 Å². The summed E-state index contributed by atoms with van der Waals surface area (Å²) in [6.45, 7) is 5.38. The van der Waals surface area contributed by atoms with Gasteiger partial charge in [-0.1, -0.05) is 23.8 Å². The monoisotopic (exact) mass is 280 g/mol. The molecule has 1 aliphatic rings. The number of fused-ring (bicyclic) bond motifs is 2. The van der Waals surface area contributed by atoms with E-state index in [1.807, 2.05) is 12.1 Å². The van der Waals surface area contributed by atoms with Gasteiger partial charge in [-0.05, 0) is 19.4 Å². The summed E-state index contributed by atoms with van der Waals surface area (Å²) in [5.41, 5.74) is 5.45. The van der Waals surface area contributed by atoms with Crippen LogP contribution in [-0.2, 0) is 0 Å². The Morgan fingerprint density at radius 2 is 1.76 bits per heavy atom. The third-order valence-electron chi connectivity index (χ3n) is 3.78. The molecule has 0 saturated carbocycles. The first-order valence-electron chi connectivity index (χ1n) is 7.08. The first kappa shape index (κ1) is 12.3. The Balaban J connectivity index is 1.86. The second-order valence-corrected chi connectivity index (χ2v) is 5.42. The minimum absolute atomic E-state index is 0.590. The number of rotatable bonds is 1. The summed E-state index contributed by atoms with van der Waals surface area (Å²) < 4.78 is 11.2. The lowest BCUT2D eigenvalue weighted by molar-refractivity contribution is 0.172. The van der Waals surface area contributed by atoms with E-state index in [0.29, 0.717) is 13.2 Å². The molecule has 4 rings (SSSR count). The fourth-order valence-corrected chi connectivity index (χ4v) is 2.75. The van der Waals surface area contributed by atoms with E-state index >= 15 is 0 Å². The van der Waals surface area contributed by atoms with Crippen molar-refractivity contribution in [3.8, 4) is 22.9 Å². The van der Waals surface area contributed by atoms with E-state index in [9.17, 15) is 0 Å². The second-order valence-electron chi connectivity index (χ2n) is 5.42. The van der Waals surface area contributed by atoms with Crippen molar-refractivity contribution < 1.29 is 9.47 Å². The van der Waals surface area contributed by atoms with Gasteiger partial charge in [-0.25, -0.2) is 4.98 Å². The molecule has 4 nitrogen and oxygen atoms in total. The van der Waals surface area contributed by atoms with E-state index in [2.05, 4.69) is 37.0 Å². The van der Waals surface area contributed by atoms with Gasteiger partial charge in [-0.2, -0.15) is 0 Å². The van der Waals surface area contributed by atoms with Gasteiger partial charge in [0.25, 0.3) is 0 Å². The maximum Gasteiger partial charge on any atom is 0.163 e. The molecular formula is C17H16N2O2. The molecule has 0 radical (unpaired) electrons. The fourth-order valence-electron chi connectivity index (χ4n) is 2.75. The van der Waals surface area contributed by atoms with E-state index in [1.165, 1.54) is 11.1 Å². The normalized spacial score (nSPS) is 13.6. The van der Waals surface area contributed by atoms with Crippen molar-refractivity contribution in [1.82, 2.24) is 9.97 Å². The topological polar surface area (TPSA) is 47.1 Å². The van der Waals surface area contributed by atoms with Crippen LogP contribution in [-0.4, -0.2) is 23.2 Å². The van der Waals surface area contributed by atoms with Gasteiger partial charge in [0.1, 0.15) is 19.0 Å². The summed E-state index contributed by atoms with van der Waals surface area (Å²) in [6, 6.07) is 10.3. The molecule has 1 aromatic heterocycles. The van der Waals surface area contributed by atoms with Crippen LogP contribution in [0.5, 0.6) is 11.5 Å². The average molecular weight is 280 g/mol. The van der Waals surface area contributed by atoms with Gasteiger partial charge in [0.05, 0.1) is 11.0 Å². The number of nitrogens with zero attached hydrogens (tertiary/aromatic N) is 1. The lowest BCUT2D eigenvalue weighted by Gasteiger charge is -2.17. The van der Waals surface area contributed by atoms with Crippen molar-refractivity contribution >= 4 is 11.0 Å². The molecule has 106 valence electrons. The Hall–Kier alpha value is -2.49. The summed E-state index contributed by atoms with van der Waals surface area (Å²) in [7, 11) is 0. The molecular weight excluding hydrogens is 264 g/mol. The number of ether oxygens (including phenoxy) is 2. The highest BCUT2D eigenvalue weighted by Crippen LogP contribution is 2.35. The molecule has 0 fully saturated rings. The zero-order chi connectivity index (χ0) is 14.4.